The fourth-order valence-electron chi connectivity index (χ4n) is 4.08. The molecule has 0 aromatic heterocycles. The van der Waals surface area contributed by atoms with Crippen LogP contribution in [0.15, 0.2) is 41.5 Å². The molecule has 4 rings (SSSR count). The molecule has 0 aliphatic carbocycles. The summed E-state index contributed by atoms with van der Waals surface area (Å²) in [5.74, 6) is 1.09. The van der Waals surface area contributed by atoms with E-state index in [9.17, 15) is 4.79 Å². The van der Waals surface area contributed by atoms with Gasteiger partial charge in [0.25, 0.3) is 0 Å². The molecule has 0 unspecified atom stereocenters. The van der Waals surface area contributed by atoms with Crippen molar-refractivity contribution >= 4 is 29.1 Å². The van der Waals surface area contributed by atoms with Gasteiger partial charge in [-0.3, -0.25) is 0 Å². The van der Waals surface area contributed by atoms with Crippen molar-refractivity contribution in [2.75, 3.05) is 32.9 Å². The van der Waals surface area contributed by atoms with E-state index in [-0.39, 0.29) is 5.84 Å². The van der Waals surface area contributed by atoms with Crippen LogP contribution >= 0.6 is 11.6 Å². The summed E-state index contributed by atoms with van der Waals surface area (Å²) in [5.41, 5.74) is 2.16. The first-order valence-corrected chi connectivity index (χ1v) is 9.57. The van der Waals surface area contributed by atoms with Crippen LogP contribution in [0.25, 0.3) is 0 Å². The number of fused-ring (bicyclic) bond motifs is 3. The van der Waals surface area contributed by atoms with Crippen molar-refractivity contribution in [2.24, 2.45) is 5.10 Å². The van der Waals surface area contributed by atoms with Gasteiger partial charge in [0.1, 0.15) is 0 Å². The van der Waals surface area contributed by atoms with Gasteiger partial charge in [-0.2, -0.15) is 0 Å². The molecule has 8 heteroatoms. The molecule has 2 heterocycles. The summed E-state index contributed by atoms with van der Waals surface area (Å²) in [7, 11) is 4.59. The van der Waals surface area contributed by atoms with Crippen LogP contribution in [0.4, 0.5) is 5.69 Å². The lowest BCUT2D eigenvalue weighted by molar-refractivity contribution is -0.133. The van der Waals surface area contributed by atoms with E-state index in [1.807, 2.05) is 41.1 Å². The van der Waals surface area contributed by atoms with Gasteiger partial charge in [-0.25, -0.2) is 9.80 Å². The second-order valence-corrected chi connectivity index (χ2v) is 7.43. The Labute approximate surface area is 174 Å². The summed E-state index contributed by atoms with van der Waals surface area (Å²) in [4.78, 5) is 14.5. The normalized spacial score (nSPS) is 20.0. The van der Waals surface area contributed by atoms with E-state index in [1.165, 1.54) is 7.11 Å². The first-order chi connectivity index (χ1) is 13.9. The molecule has 2 aliphatic rings. The number of carbonyl (C=O) groups excluding carboxylic acids is 1. The summed E-state index contributed by atoms with van der Waals surface area (Å²) in [5, 5.41) is 7.12. The largest absolute Gasteiger partial charge is 0.493 e. The van der Waals surface area contributed by atoms with Gasteiger partial charge < -0.3 is 19.1 Å². The first-order valence-electron chi connectivity index (χ1n) is 9.19. The fourth-order valence-corrected chi connectivity index (χ4v) is 4.21. The lowest BCUT2D eigenvalue weighted by atomic mass is 9.87. The summed E-state index contributed by atoms with van der Waals surface area (Å²) >= 11 is 6.08. The molecule has 2 aromatic carbocycles. The molecule has 0 fully saturated rings. The Morgan fingerprint density at radius 2 is 1.76 bits per heavy atom. The number of hydrogen-bond donors (Lipinski definition) is 0. The quantitative estimate of drug-likeness (QED) is 0.713. The second kappa shape index (κ2) is 7.15. The van der Waals surface area contributed by atoms with Crippen molar-refractivity contribution in [2.45, 2.75) is 19.0 Å². The third-order valence-electron chi connectivity index (χ3n) is 5.55. The number of rotatable bonds is 4. The van der Waals surface area contributed by atoms with Gasteiger partial charge in [-0.15, -0.1) is 5.10 Å². The van der Waals surface area contributed by atoms with Gasteiger partial charge in [0, 0.05) is 17.1 Å². The number of hydrogen-bond acceptors (Lipinski definition) is 7. The molecule has 0 saturated heterocycles. The molecule has 0 bridgehead atoms. The number of benzene rings is 2. The van der Waals surface area contributed by atoms with Crippen molar-refractivity contribution in [1.82, 2.24) is 4.90 Å². The van der Waals surface area contributed by atoms with E-state index in [4.69, 9.17) is 25.8 Å². The van der Waals surface area contributed by atoms with Crippen LogP contribution in [0.2, 0.25) is 5.02 Å². The minimum atomic E-state index is -0.746. The third kappa shape index (κ3) is 2.88. The zero-order chi connectivity index (χ0) is 20.8. The minimum Gasteiger partial charge on any atom is -0.493 e. The van der Waals surface area contributed by atoms with Crippen molar-refractivity contribution in [3.05, 3.63) is 52.5 Å². The van der Waals surface area contributed by atoms with Gasteiger partial charge in [-0.1, -0.05) is 11.6 Å². The molecule has 0 amide bonds. The number of carbonyl (C=O) groups is 1. The van der Waals surface area contributed by atoms with Crippen LogP contribution in [0.1, 0.15) is 18.1 Å². The Bertz CT molecular complexity index is 992. The van der Waals surface area contributed by atoms with Gasteiger partial charge in [0.05, 0.1) is 27.0 Å². The van der Waals surface area contributed by atoms with Crippen LogP contribution in [0.3, 0.4) is 0 Å². The minimum absolute atomic E-state index is 0.269. The Kier molecular flexibility index (Phi) is 4.78. The number of halogens is 1. The van der Waals surface area contributed by atoms with Gasteiger partial charge >= 0.3 is 5.97 Å². The van der Waals surface area contributed by atoms with Crippen LogP contribution < -0.4 is 14.5 Å². The Balaban J connectivity index is 1.92. The molecule has 1 atom stereocenters. The maximum Gasteiger partial charge on any atom is 0.375 e. The second-order valence-electron chi connectivity index (χ2n) is 6.99. The van der Waals surface area contributed by atoms with E-state index in [0.717, 1.165) is 23.2 Å². The predicted molar refractivity (Wildman–Crippen MR) is 111 cm³/mol. The number of ether oxygens (including phenoxy) is 3. The molecule has 2 aromatic rings. The van der Waals surface area contributed by atoms with E-state index >= 15 is 0 Å². The van der Waals surface area contributed by atoms with Crippen molar-refractivity contribution in [3.8, 4) is 11.5 Å². The smallest absolute Gasteiger partial charge is 0.375 e. The Morgan fingerprint density at radius 1 is 1.10 bits per heavy atom. The molecule has 7 nitrogen and oxygen atoms in total. The highest BCUT2D eigenvalue weighted by molar-refractivity contribution is 6.36. The highest BCUT2D eigenvalue weighted by Crippen LogP contribution is 2.47. The van der Waals surface area contributed by atoms with E-state index < -0.39 is 11.6 Å². The highest BCUT2D eigenvalue weighted by atomic mass is 35.5. The number of hydrazone groups is 1. The topological polar surface area (TPSA) is 63.6 Å². The maximum atomic E-state index is 12.5. The molecule has 0 N–H and O–H groups in total. The van der Waals surface area contributed by atoms with E-state index in [2.05, 4.69) is 5.10 Å². The van der Waals surface area contributed by atoms with Crippen molar-refractivity contribution in [1.29, 1.82) is 0 Å². The lowest BCUT2D eigenvalue weighted by Gasteiger charge is -2.46. The number of anilines is 1. The maximum absolute atomic E-state index is 12.5. The highest BCUT2D eigenvalue weighted by Gasteiger charge is 2.52. The number of esters is 1. The van der Waals surface area contributed by atoms with Crippen LogP contribution in [-0.2, 0) is 21.6 Å². The number of amidine groups is 1. The molecule has 29 heavy (non-hydrogen) atoms. The third-order valence-corrected chi connectivity index (χ3v) is 5.80. The molecule has 0 saturated carbocycles. The number of nitrogens with zero attached hydrogens (tertiary/aromatic N) is 3. The summed E-state index contributed by atoms with van der Waals surface area (Å²) in [6.07, 6.45) is 0.732. The van der Waals surface area contributed by atoms with Gasteiger partial charge in [0.15, 0.2) is 17.2 Å². The lowest BCUT2D eigenvalue weighted by Crippen LogP contribution is -2.55. The molecule has 152 valence electrons. The standard InChI is InChI=1S/C21H22ClN3O4/c1-21-16-12-18(28-3)17(27-2)11-13(16)9-10-24(21)19(20(26)29-4)23-25(21)15-7-5-14(22)6-8-15/h5-8,11-12H,9-10H2,1-4H3/t21-/m1/s1. The average Bonchev–Trinajstić information content (AvgIpc) is 3.06. The number of methoxy groups -OCH3 is 3. The van der Waals surface area contributed by atoms with Crippen LogP contribution in [0.5, 0.6) is 11.5 Å². The van der Waals surface area contributed by atoms with E-state index in [0.29, 0.717) is 23.1 Å². The molecular formula is C21H22ClN3O4. The zero-order valence-electron chi connectivity index (χ0n) is 16.7. The monoisotopic (exact) mass is 415 g/mol. The average molecular weight is 416 g/mol. The summed E-state index contributed by atoms with van der Waals surface area (Å²) < 4.78 is 16.0. The predicted octanol–water partition coefficient (Wildman–Crippen LogP) is 3.39. The van der Waals surface area contributed by atoms with E-state index in [1.54, 1.807) is 26.4 Å². The summed E-state index contributed by atoms with van der Waals surface area (Å²) in [6, 6.07) is 11.3. The molecule has 2 aliphatic heterocycles. The molecule has 0 radical (unpaired) electrons. The Morgan fingerprint density at radius 3 is 2.38 bits per heavy atom. The molecule has 0 spiro atoms. The van der Waals surface area contributed by atoms with Crippen LogP contribution in [0, 0.1) is 0 Å². The van der Waals surface area contributed by atoms with Gasteiger partial charge in [0.2, 0.25) is 5.84 Å². The van der Waals surface area contributed by atoms with Crippen molar-refractivity contribution < 1.29 is 19.0 Å². The Hall–Kier alpha value is -2.93. The van der Waals surface area contributed by atoms with Crippen molar-refractivity contribution in [3.63, 3.8) is 0 Å². The first kappa shape index (κ1) is 19.4. The van der Waals surface area contributed by atoms with Gasteiger partial charge in [-0.05, 0) is 55.3 Å². The SMILES string of the molecule is COC(=O)C1=NN(c2ccc(Cl)cc2)[C@]2(C)c3cc(OC)c(OC)cc3CCN12. The fraction of sp³-hybridized carbons (Fsp3) is 0.333. The summed E-state index contributed by atoms with van der Waals surface area (Å²) in [6.45, 7) is 2.64. The van der Waals surface area contributed by atoms with Crippen LogP contribution in [-0.4, -0.2) is 44.6 Å². The molecular weight excluding hydrogens is 394 g/mol. The zero-order valence-corrected chi connectivity index (χ0v) is 17.5.